The number of fused-ring (bicyclic) bond motifs is 3. The molecule has 0 radical (unpaired) electrons. The van der Waals surface area contributed by atoms with Crippen molar-refractivity contribution in [1.29, 1.82) is 0 Å². The highest BCUT2D eigenvalue weighted by molar-refractivity contribution is 9.10. The van der Waals surface area contributed by atoms with Gasteiger partial charge in [0.1, 0.15) is 52.3 Å². The van der Waals surface area contributed by atoms with Crippen molar-refractivity contribution in [3.05, 3.63) is 230 Å². The number of methoxy groups -OCH3 is 1. The first-order valence-corrected chi connectivity index (χ1v) is 47.5. The number of nitrogens with one attached hydrogen (secondary N) is 1. The summed E-state index contributed by atoms with van der Waals surface area (Å²) in [5.41, 5.74) is 7.43. The van der Waals surface area contributed by atoms with Crippen LogP contribution in [0, 0.1) is 35.2 Å². The summed E-state index contributed by atoms with van der Waals surface area (Å²) in [6.45, 7) is 41.4. The molecule has 6 atom stereocenters. The van der Waals surface area contributed by atoms with Crippen molar-refractivity contribution < 1.29 is 22.7 Å². The van der Waals surface area contributed by atoms with Crippen molar-refractivity contribution in [1.82, 2.24) is 73.5 Å². The Kier molecular flexibility index (Phi) is 29.9. The SMILES string of the molecule is CC(=O)Cc1nc(C(C)C)c(-n2c(=O)nc(N3C[C@@H](C)CC[C@@H]3C)c3cc(Cl)c(-c4ccccc4F)nc32)c(C(C)C)n1.CC(C)c1nc(Br)nc(C(C)C)c1-n1c(=O)nc(N2C[C@@H](C)CC[C@@H]2C)c2cc(Cl)c(-c3ccccc3F)nc21.COc1ccc(CNc2nc(C(C)C)c(-n3c(=O)nc(N4C[C@@H](C)CC[C@@H]4C)c4cc(Cl)c(-c5ccccc5F)nc43)c(C(C)C)n2)cc1. The molecule has 692 valence electrons. The Bertz CT molecular complexity index is 6650. The van der Waals surface area contributed by atoms with Crippen molar-refractivity contribution in [2.24, 2.45) is 17.8 Å². The quantitative estimate of drug-likeness (QED) is 0.0655. The van der Waals surface area contributed by atoms with E-state index in [0.717, 1.165) is 69.5 Å². The van der Waals surface area contributed by atoms with E-state index in [9.17, 15) is 23.6 Å². The lowest BCUT2D eigenvalue weighted by atomic mass is 9.95. The van der Waals surface area contributed by atoms with Gasteiger partial charge in [0, 0.05) is 61.0 Å². The highest BCUT2D eigenvalue weighted by Crippen LogP contribution is 2.45. The predicted molar refractivity (Wildman–Crippen MR) is 526 cm³/mol. The lowest BCUT2D eigenvalue weighted by molar-refractivity contribution is -0.116. The van der Waals surface area contributed by atoms with Gasteiger partial charge in [-0.25, -0.2) is 86.1 Å². The van der Waals surface area contributed by atoms with Crippen molar-refractivity contribution in [3.63, 3.8) is 0 Å². The van der Waals surface area contributed by atoms with E-state index in [-0.39, 0.29) is 115 Å². The maximum absolute atomic E-state index is 15.2. The molecule has 0 spiro atoms. The van der Waals surface area contributed by atoms with E-state index in [2.05, 4.69) is 97.4 Å². The van der Waals surface area contributed by atoms with Gasteiger partial charge in [-0.3, -0.25) is 4.79 Å². The molecule has 24 nitrogen and oxygen atoms in total. The minimum atomic E-state index is -0.533. The minimum absolute atomic E-state index is 0.0327. The number of nitrogens with zero attached hydrogens (tertiary/aromatic N) is 18. The number of pyridine rings is 3. The van der Waals surface area contributed by atoms with Crippen LogP contribution in [0.3, 0.4) is 0 Å². The Morgan fingerprint density at radius 1 is 0.424 bits per heavy atom. The first kappa shape index (κ1) is 96.8. The number of benzene rings is 4. The van der Waals surface area contributed by atoms with E-state index in [1.54, 1.807) is 79.9 Å². The van der Waals surface area contributed by atoms with E-state index < -0.39 is 34.5 Å². The number of hydrogen-bond acceptors (Lipinski definition) is 21. The van der Waals surface area contributed by atoms with Crippen LogP contribution in [-0.2, 0) is 17.8 Å². The molecule has 12 heterocycles. The number of anilines is 4. The standard InChI is InChI=1S/C38H43ClFN7O2.C33H38ClFN6O2.C30H33BrClFN6O/c1-21(2)31-34(32(22(3)4)44-37(43-31)41-19-25-14-16-26(49-7)17-15-25)47-36-28(18-29(39)33(42-36)27-10-8-9-11-30(27)40)35(45-38(47)48)46-20-23(5)12-13-24(46)6;1-17(2)27-30(28(18(3)4)37-26(36-27)14-21(7)42)41-32-23(15-24(34)29(38-32)22-10-8-9-11-25(22)35)31(39-33(41)43)40-16-19(5)12-13-20(40)6;1-15(2)23-26(24(16(3)4)36-29(31)35-23)39-28-20(13-21(32)25(34-28)19-9-7-8-10-22(19)33)27(37-30(39)40)38-14-17(5)11-12-18(38)6/h8-11,14-18,21-24H,12-13,19-20H2,1-7H3,(H,41,43,44);8-11,15,17-20H,12-14,16H2,1-7H3;7-10,13,15-18H,11-12,14H2,1-6H3/t23-,24-;19-,20-;17-,18-/m000/s1. The number of ether oxygens (including phenoxy) is 1. The van der Waals surface area contributed by atoms with Gasteiger partial charge in [-0.05, 0) is 208 Å². The van der Waals surface area contributed by atoms with Crippen molar-refractivity contribution in [2.45, 2.75) is 237 Å². The second-order valence-corrected chi connectivity index (χ2v) is 39.2. The molecule has 31 heteroatoms. The average Bonchev–Trinajstić information content (AvgIpc) is 0.738. The first-order valence-electron chi connectivity index (χ1n) is 45.5. The fourth-order valence-corrected chi connectivity index (χ4v) is 18.9. The number of piperidine rings is 3. The second-order valence-electron chi connectivity index (χ2n) is 37.3. The maximum Gasteiger partial charge on any atom is 0.355 e. The molecule has 4 aromatic carbocycles. The minimum Gasteiger partial charge on any atom is -0.497 e. The molecule has 0 amide bonds. The van der Waals surface area contributed by atoms with Gasteiger partial charge >= 0.3 is 17.1 Å². The predicted octanol–water partition coefficient (Wildman–Crippen LogP) is 23.2. The second kappa shape index (κ2) is 40.7. The largest absolute Gasteiger partial charge is 0.497 e. The van der Waals surface area contributed by atoms with Crippen LogP contribution < -0.4 is 41.8 Å². The summed E-state index contributed by atoms with van der Waals surface area (Å²) in [6, 6.07) is 32.6. The van der Waals surface area contributed by atoms with Gasteiger partial charge in [0.25, 0.3) is 0 Å². The van der Waals surface area contributed by atoms with Gasteiger partial charge in [-0.1, -0.05) is 187 Å². The molecule has 13 aromatic rings. The molecule has 9 aromatic heterocycles. The number of carbonyl (C=O) groups is 1. The summed E-state index contributed by atoms with van der Waals surface area (Å²) in [6.07, 6.45) is 6.28. The molecule has 3 fully saturated rings. The first-order chi connectivity index (χ1) is 62.8. The van der Waals surface area contributed by atoms with Gasteiger partial charge < -0.3 is 24.8 Å². The third-order valence-corrected chi connectivity index (χ3v) is 26.0. The normalized spacial score (nSPS) is 17.2. The highest BCUT2D eigenvalue weighted by Gasteiger charge is 2.37. The van der Waals surface area contributed by atoms with Crippen LogP contribution >= 0.6 is 50.7 Å². The Morgan fingerprint density at radius 2 is 0.720 bits per heavy atom. The summed E-state index contributed by atoms with van der Waals surface area (Å²) in [5.74, 6) is 2.56. The molecular formula is C101H114BrCl3F3N19O5. The monoisotopic (exact) mass is 1910 g/mol. The van der Waals surface area contributed by atoms with E-state index in [1.807, 2.05) is 107 Å². The van der Waals surface area contributed by atoms with Crippen molar-refractivity contribution in [3.8, 4) is 56.6 Å². The van der Waals surface area contributed by atoms with Crippen molar-refractivity contribution >= 4 is 113 Å². The fourth-order valence-electron chi connectivity index (χ4n) is 17.8. The van der Waals surface area contributed by atoms with E-state index in [1.165, 1.54) is 38.8 Å². The van der Waals surface area contributed by atoms with Gasteiger partial charge in [0.15, 0.2) is 21.7 Å². The van der Waals surface area contributed by atoms with E-state index in [0.29, 0.717) is 143 Å². The topological polar surface area (TPSA) is 269 Å². The molecular weight excluding hydrogens is 1800 g/mol. The number of rotatable bonds is 21. The molecule has 0 saturated carbocycles. The van der Waals surface area contributed by atoms with Gasteiger partial charge in [-0.2, -0.15) is 15.0 Å². The van der Waals surface area contributed by atoms with E-state index in [4.69, 9.17) is 79.4 Å². The molecule has 0 aliphatic carbocycles. The number of hydrogen-bond donors (Lipinski definition) is 1. The average molecular weight is 1920 g/mol. The number of Topliss-reactive ketones (excluding diaryl/α,β-unsaturated/α-hetero) is 1. The zero-order valence-electron chi connectivity index (χ0n) is 78.4. The molecule has 1 N–H and O–H groups in total. The Balaban J connectivity index is 0.000000160. The smallest absolute Gasteiger partial charge is 0.355 e. The molecule has 0 unspecified atom stereocenters. The lowest BCUT2D eigenvalue weighted by Gasteiger charge is -2.38. The van der Waals surface area contributed by atoms with Crippen LogP contribution in [0.5, 0.6) is 5.75 Å². The van der Waals surface area contributed by atoms with Crippen molar-refractivity contribution in [2.75, 3.05) is 46.8 Å². The summed E-state index contributed by atoms with van der Waals surface area (Å²) in [5, 5.41) is 6.00. The molecule has 16 rings (SSSR count). The van der Waals surface area contributed by atoms with Gasteiger partial charge in [0.2, 0.25) is 5.95 Å². The van der Waals surface area contributed by atoms with Crippen LogP contribution in [0.2, 0.25) is 15.1 Å². The zero-order valence-corrected chi connectivity index (χ0v) is 82.3. The van der Waals surface area contributed by atoms with Crippen LogP contribution in [0.1, 0.15) is 251 Å². The Labute approximate surface area is 791 Å². The fraction of sp³-hybridized carbons (Fsp3) is 0.426. The number of ketones is 1. The Hall–Kier alpha value is -11.2. The van der Waals surface area contributed by atoms with Crippen LogP contribution in [-0.4, -0.2) is 124 Å². The molecule has 0 bridgehead atoms. The highest BCUT2D eigenvalue weighted by atomic mass is 79.9. The third kappa shape index (κ3) is 20.2. The van der Waals surface area contributed by atoms with Crippen LogP contribution in [0.15, 0.2) is 134 Å². The summed E-state index contributed by atoms with van der Waals surface area (Å²) in [4.78, 5) is 119. The zero-order chi connectivity index (χ0) is 95.0. The van der Waals surface area contributed by atoms with Crippen LogP contribution in [0.4, 0.5) is 36.6 Å². The maximum atomic E-state index is 15.2. The summed E-state index contributed by atoms with van der Waals surface area (Å²) < 4.78 is 55.5. The summed E-state index contributed by atoms with van der Waals surface area (Å²) >= 11 is 24.0. The molecule has 3 aliphatic heterocycles. The van der Waals surface area contributed by atoms with Gasteiger partial charge in [-0.15, -0.1) is 0 Å². The molecule has 132 heavy (non-hydrogen) atoms. The number of aromatic nitrogens is 15. The summed E-state index contributed by atoms with van der Waals surface area (Å²) in [7, 11) is 1.64. The molecule has 3 aliphatic rings. The van der Waals surface area contributed by atoms with Gasteiger partial charge in [0.05, 0.1) is 113 Å². The Morgan fingerprint density at radius 3 is 1.01 bits per heavy atom. The third-order valence-electron chi connectivity index (χ3n) is 24.8. The van der Waals surface area contributed by atoms with E-state index >= 15 is 8.78 Å². The number of halogens is 7. The lowest BCUT2D eigenvalue weighted by Crippen LogP contribution is -2.43. The van der Waals surface area contributed by atoms with Crippen LogP contribution in [0.25, 0.3) is 83.9 Å². The molecule has 3 saturated heterocycles. The number of carbonyl (C=O) groups excluding carboxylic acids is 1.